The number of nitrogen functional groups attached to an aromatic ring is 2. The van der Waals surface area contributed by atoms with E-state index < -0.39 is 11.8 Å². The molecule has 7 heteroatoms. The predicted octanol–water partition coefficient (Wildman–Crippen LogP) is -2.40. The molecule has 9 N–H and O–H groups in total. The van der Waals surface area contributed by atoms with Crippen molar-refractivity contribution < 1.29 is 20.4 Å². The van der Waals surface area contributed by atoms with Crippen LogP contribution in [-0.4, -0.2) is 23.2 Å². The van der Waals surface area contributed by atoms with E-state index in [0.717, 1.165) is 0 Å². The lowest BCUT2D eigenvalue weighted by Crippen LogP contribution is -2.47. The highest BCUT2D eigenvalue weighted by Crippen LogP contribution is 2.23. The fraction of sp³-hybridized carbons (Fsp3) is 0. The zero-order valence-electron chi connectivity index (χ0n) is 13.2. The third-order valence-electron chi connectivity index (χ3n) is 3.97. The van der Waals surface area contributed by atoms with Gasteiger partial charge in [0.1, 0.15) is 11.1 Å². The average Bonchev–Trinajstić information content (AvgIpc) is 2.88. The summed E-state index contributed by atoms with van der Waals surface area (Å²) in [7, 11) is 0. The van der Waals surface area contributed by atoms with Gasteiger partial charge in [-0.2, -0.15) is 0 Å². The van der Waals surface area contributed by atoms with E-state index in [1.807, 2.05) is 0 Å². The zero-order valence-corrected chi connectivity index (χ0v) is 13.2. The Bertz CT molecular complexity index is 897. The van der Waals surface area contributed by atoms with Crippen LogP contribution < -0.4 is 27.6 Å². The summed E-state index contributed by atoms with van der Waals surface area (Å²) in [6.45, 7) is 0. The third-order valence-corrected chi connectivity index (χ3v) is 3.97. The number of nitrogens with one attached hydrogen (secondary N) is 1. The van der Waals surface area contributed by atoms with Gasteiger partial charge in [0.25, 0.3) is 11.8 Å². The van der Waals surface area contributed by atoms with Crippen LogP contribution in [0.3, 0.4) is 0 Å². The van der Waals surface area contributed by atoms with Crippen molar-refractivity contribution in [3.05, 3.63) is 70.8 Å². The summed E-state index contributed by atoms with van der Waals surface area (Å²) in [5, 5.41) is 14.5. The first-order chi connectivity index (χ1) is 11.9. The molecule has 0 fully saturated rings. The molecule has 25 heavy (non-hydrogen) atoms. The summed E-state index contributed by atoms with van der Waals surface area (Å²) in [6.07, 6.45) is 0. The quantitative estimate of drug-likeness (QED) is 0.240. The van der Waals surface area contributed by atoms with Gasteiger partial charge >= 0.3 is 0 Å². The van der Waals surface area contributed by atoms with E-state index in [1.165, 1.54) is 0 Å². The van der Waals surface area contributed by atoms with E-state index in [9.17, 15) is 9.59 Å². The van der Waals surface area contributed by atoms with E-state index in [4.69, 9.17) is 22.3 Å². The molecule has 2 aromatic rings. The summed E-state index contributed by atoms with van der Waals surface area (Å²) in [5.41, 5.74) is 13.7. The summed E-state index contributed by atoms with van der Waals surface area (Å²) in [4.78, 5) is 24.6. The molecule has 2 aromatic carbocycles. The van der Waals surface area contributed by atoms with Gasteiger partial charge in [-0.25, -0.2) is 0 Å². The van der Waals surface area contributed by atoms with Crippen LogP contribution in [0.5, 0.6) is 0 Å². The van der Waals surface area contributed by atoms with Gasteiger partial charge in [-0.3, -0.25) is 25.7 Å². The Labute approximate surface area is 143 Å². The fourth-order valence-corrected chi connectivity index (χ4v) is 2.72. The number of carbonyl (C=O) groups excluding carboxylic acids is 2. The van der Waals surface area contributed by atoms with Gasteiger partial charge in [-0.15, -0.1) is 0 Å². The van der Waals surface area contributed by atoms with Crippen molar-refractivity contribution in [2.45, 2.75) is 0 Å². The summed E-state index contributed by atoms with van der Waals surface area (Å²) in [6, 6.07) is 13.6. The standard InChI is InChI=1S/C18H15N5O2/c19-11-7-3-1-5-9(11)15(21)13-14(18(25)23-17(13)24)16(22)10-6-2-4-8-12(10)20/h1-8,21-22H,19-20H2,(H,23,24,25)/p+2. The van der Waals surface area contributed by atoms with Crippen LogP contribution in [0.1, 0.15) is 11.1 Å². The lowest BCUT2D eigenvalue weighted by Gasteiger charge is -2.05. The van der Waals surface area contributed by atoms with Crippen LogP contribution in [0.25, 0.3) is 0 Å². The van der Waals surface area contributed by atoms with Gasteiger partial charge in [0.05, 0.1) is 11.1 Å². The lowest BCUT2D eigenvalue weighted by molar-refractivity contribution is -0.125. The Kier molecular flexibility index (Phi) is 3.90. The molecule has 7 nitrogen and oxygen atoms in total. The highest BCUT2D eigenvalue weighted by Gasteiger charge is 2.41. The second-order valence-corrected chi connectivity index (χ2v) is 5.54. The Morgan fingerprint density at radius 3 is 1.44 bits per heavy atom. The number of imide groups is 1. The summed E-state index contributed by atoms with van der Waals surface area (Å²) in [5.74, 6) is -1.25. The van der Waals surface area contributed by atoms with Crippen molar-refractivity contribution >= 4 is 34.6 Å². The molecule has 0 radical (unpaired) electrons. The molecule has 2 amide bonds. The molecule has 3 rings (SSSR count). The minimum absolute atomic E-state index is 0.0105. The average molecular weight is 335 g/mol. The summed E-state index contributed by atoms with van der Waals surface area (Å²) >= 11 is 0. The number of hydrogen-bond donors (Lipinski definition) is 5. The van der Waals surface area contributed by atoms with E-state index in [2.05, 4.69) is 5.32 Å². The van der Waals surface area contributed by atoms with Crippen LogP contribution >= 0.6 is 0 Å². The SMILES string of the molecule is Nc1ccccc1C(=[NH2+])C1=C(C(=[NH2+])c2ccccc2N)C(=O)NC1=O. The highest BCUT2D eigenvalue weighted by atomic mass is 16.2. The van der Waals surface area contributed by atoms with Crippen LogP contribution in [0, 0.1) is 0 Å². The largest absolute Gasteiger partial charge is 0.398 e. The van der Waals surface area contributed by atoms with Crippen molar-refractivity contribution in [3.63, 3.8) is 0 Å². The smallest absolute Gasteiger partial charge is 0.265 e. The molecule has 0 aromatic heterocycles. The topological polar surface area (TPSA) is 149 Å². The minimum atomic E-state index is -0.627. The Balaban J connectivity index is 2.17. The van der Waals surface area contributed by atoms with Crippen molar-refractivity contribution in [2.75, 3.05) is 11.5 Å². The number of amides is 2. The highest BCUT2D eigenvalue weighted by molar-refractivity contribution is 6.44. The molecule has 0 saturated carbocycles. The molecular weight excluding hydrogens is 318 g/mol. The molecule has 1 heterocycles. The number of anilines is 2. The van der Waals surface area contributed by atoms with Crippen LogP contribution in [-0.2, 0) is 9.59 Å². The van der Waals surface area contributed by atoms with Crippen LogP contribution in [0.15, 0.2) is 59.7 Å². The second-order valence-electron chi connectivity index (χ2n) is 5.54. The predicted molar refractivity (Wildman–Crippen MR) is 94.0 cm³/mol. The molecule has 1 aliphatic rings. The van der Waals surface area contributed by atoms with Crippen molar-refractivity contribution in [3.8, 4) is 0 Å². The molecule has 0 saturated heterocycles. The lowest BCUT2D eigenvalue weighted by atomic mass is 9.92. The maximum Gasteiger partial charge on any atom is 0.265 e. The normalized spacial score (nSPS) is 13.8. The van der Waals surface area contributed by atoms with Crippen LogP contribution in [0.2, 0.25) is 0 Å². The van der Waals surface area contributed by atoms with E-state index in [0.29, 0.717) is 22.5 Å². The Hall–Kier alpha value is -3.74. The number of carbonyl (C=O) groups is 2. The van der Waals surface area contributed by atoms with Gasteiger partial charge < -0.3 is 11.5 Å². The first-order valence-electron chi connectivity index (χ1n) is 7.47. The van der Waals surface area contributed by atoms with Crippen LogP contribution in [0.4, 0.5) is 11.4 Å². The molecule has 0 spiro atoms. The van der Waals surface area contributed by atoms with Gasteiger partial charge in [0.2, 0.25) is 11.4 Å². The maximum absolute atomic E-state index is 12.3. The fourth-order valence-electron chi connectivity index (χ4n) is 2.72. The van der Waals surface area contributed by atoms with Gasteiger partial charge in [-0.1, -0.05) is 24.3 Å². The number of benzene rings is 2. The Morgan fingerprint density at radius 2 is 1.08 bits per heavy atom. The molecule has 0 atom stereocenters. The van der Waals surface area contributed by atoms with Gasteiger partial charge in [0.15, 0.2) is 0 Å². The molecule has 0 bridgehead atoms. The molecule has 0 aliphatic carbocycles. The zero-order chi connectivity index (χ0) is 18.1. The number of para-hydroxylation sites is 2. The van der Waals surface area contributed by atoms with E-state index in [-0.39, 0.29) is 22.6 Å². The minimum Gasteiger partial charge on any atom is -0.398 e. The van der Waals surface area contributed by atoms with Crippen molar-refractivity contribution in [1.29, 1.82) is 0 Å². The second kappa shape index (κ2) is 6.04. The number of rotatable bonds is 4. The third kappa shape index (κ3) is 2.67. The van der Waals surface area contributed by atoms with Crippen molar-refractivity contribution in [1.82, 2.24) is 5.32 Å². The Morgan fingerprint density at radius 1 is 0.720 bits per heavy atom. The van der Waals surface area contributed by atoms with Gasteiger partial charge in [0, 0.05) is 11.4 Å². The first-order valence-corrected chi connectivity index (χ1v) is 7.47. The van der Waals surface area contributed by atoms with Gasteiger partial charge in [-0.05, 0) is 24.3 Å². The number of nitrogens with two attached hydrogens (primary N) is 4. The summed E-state index contributed by atoms with van der Waals surface area (Å²) < 4.78 is 0. The van der Waals surface area contributed by atoms with E-state index in [1.54, 1.807) is 48.5 Å². The monoisotopic (exact) mass is 335 g/mol. The molecule has 0 unspecified atom stereocenters. The molecule has 124 valence electrons. The van der Waals surface area contributed by atoms with E-state index >= 15 is 0 Å². The number of hydrogen-bond acceptors (Lipinski definition) is 4. The first kappa shape index (κ1) is 16.1. The maximum atomic E-state index is 12.3. The van der Waals surface area contributed by atoms with Crippen molar-refractivity contribution in [2.24, 2.45) is 0 Å². The molecule has 1 aliphatic heterocycles. The molecular formula is C18H17N5O2+2.